The number of nitrogens with one attached hydrogen (secondary N) is 1. The minimum absolute atomic E-state index is 0.850. The fraction of sp³-hybridized carbons (Fsp3) is 0.467. The Morgan fingerprint density at radius 3 is 2.67 bits per heavy atom. The third-order valence-electron chi connectivity index (χ3n) is 2.90. The van der Waals surface area contributed by atoms with Crippen molar-refractivity contribution in [2.45, 2.75) is 50.1 Å². The molecule has 2 rings (SSSR count). The molecule has 0 saturated carbocycles. The lowest BCUT2D eigenvalue weighted by Gasteiger charge is -2.13. The normalized spacial score (nSPS) is 10.6. The van der Waals surface area contributed by atoms with Crippen LogP contribution in [-0.2, 0) is 6.42 Å². The second-order valence-electron chi connectivity index (χ2n) is 4.74. The molecule has 0 atom stereocenters. The average Bonchev–Trinajstić information content (AvgIpc) is 2.50. The van der Waals surface area contributed by atoms with E-state index < -0.39 is 0 Å². The van der Waals surface area contributed by atoms with Crippen LogP contribution in [-0.4, -0.2) is 26.5 Å². The Morgan fingerprint density at radius 2 is 2.00 bits per heavy atom. The Labute approximate surface area is 130 Å². The monoisotopic (exact) mass is 303 g/mol. The molecule has 0 radical (unpaired) electrons. The summed E-state index contributed by atoms with van der Waals surface area (Å²) >= 11 is 1.54. The smallest absolute Gasteiger partial charge is 0.133 e. The fourth-order valence-electron chi connectivity index (χ4n) is 1.83. The van der Waals surface area contributed by atoms with Gasteiger partial charge in [0.2, 0.25) is 0 Å². The highest BCUT2D eigenvalue weighted by atomic mass is 32.2. The number of anilines is 1. The first-order valence-corrected chi connectivity index (χ1v) is 8.11. The molecule has 0 spiro atoms. The van der Waals surface area contributed by atoms with E-state index in [0.29, 0.717) is 0 Å². The van der Waals surface area contributed by atoms with Crippen molar-refractivity contribution in [3.05, 3.63) is 30.0 Å². The Morgan fingerprint density at radius 1 is 1.14 bits per heavy atom. The molecule has 0 amide bonds. The van der Waals surface area contributed by atoms with Crippen LogP contribution >= 0.6 is 11.8 Å². The van der Waals surface area contributed by atoms with Crippen LogP contribution in [0.4, 0.5) is 5.82 Å². The van der Waals surface area contributed by atoms with Gasteiger partial charge in [0.25, 0.3) is 0 Å². The minimum atomic E-state index is 0.850. The maximum absolute atomic E-state index is 4.67. The number of rotatable bonds is 7. The number of aryl methyl sites for hydroxylation is 1. The molecule has 0 aliphatic carbocycles. The summed E-state index contributed by atoms with van der Waals surface area (Å²) in [5.41, 5.74) is 1.07. The zero-order valence-corrected chi connectivity index (χ0v) is 13.6. The Hall–Kier alpha value is -1.69. The highest BCUT2D eigenvalue weighted by Gasteiger charge is 2.12. The van der Waals surface area contributed by atoms with Crippen molar-refractivity contribution < 1.29 is 0 Å². The van der Waals surface area contributed by atoms with Crippen LogP contribution in [0.15, 0.2) is 28.6 Å². The van der Waals surface area contributed by atoms with E-state index in [9.17, 15) is 0 Å². The van der Waals surface area contributed by atoms with Gasteiger partial charge in [-0.05, 0) is 31.5 Å². The largest absolute Gasteiger partial charge is 0.370 e. The van der Waals surface area contributed by atoms with Crippen molar-refractivity contribution in [2.75, 3.05) is 11.9 Å². The molecule has 1 N–H and O–H groups in total. The zero-order chi connectivity index (χ0) is 15.1. The first-order chi connectivity index (χ1) is 10.2. The van der Waals surface area contributed by atoms with Crippen LogP contribution in [0, 0.1) is 6.92 Å². The second kappa shape index (κ2) is 7.93. The topological polar surface area (TPSA) is 63.6 Å². The van der Waals surface area contributed by atoms with Gasteiger partial charge < -0.3 is 5.32 Å². The van der Waals surface area contributed by atoms with Crippen LogP contribution in [0.3, 0.4) is 0 Å². The molecule has 0 aliphatic rings. The molecule has 0 saturated heterocycles. The lowest BCUT2D eigenvalue weighted by Crippen LogP contribution is -2.08. The Bertz CT molecular complexity index is 574. The predicted molar refractivity (Wildman–Crippen MR) is 85.7 cm³/mol. The van der Waals surface area contributed by atoms with Gasteiger partial charge in [-0.25, -0.2) is 15.0 Å². The van der Waals surface area contributed by atoms with Crippen LogP contribution < -0.4 is 5.32 Å². The third-order valence-corrected chi connectivity index (χ3v) is 3.92. The van der Waals surface area contributed by atoms with Gasteiger partial charge >= 0.3 is 0 Å². The van der Waals surface area contributed by atoms with Crippen LogP contribution in [0.5, 0.6) is 0 Å². The third kappa shape index (κ3) is 4.39. The maximum Gasteiger partial charge on any atom is 0.133 e. The summed E-state index contributed by atoms with van der Waals surface area (Å²) in [6, 6.07) is 0. The Kier molecular flexibility index (Phi) is 5.92. The molecule has 2 heterocycles. The lowest BCUT2D eigenvalue weighted by atomic mass is 10.3. The Balaban J connectivity index is 2.31. The van der Waals surface area contributed by atoms with Crippen molar-refractivity contribution in [1.82, 2.24) is 19.9 Å². The standard InChI is InChI=1S/C15H21N5S/c1-4-6-12-19-14(18-7-5-2)11(3)15(20-12)21-13-10-16-8-9-17-13/h8-10H,4-7H2,1-3H3,(H,18,19,20). The lowest BCUT2D eigenvalue weighted by molar-refractivity contribution is 0.799. The number of nitrogens with zero attached hydrogens (tertiary/aromatic N) is 4. The molecular formula is C15H21N5S. The molecule has 5 nitrogen and oxygen atoms in total. The summed E-state index contributed by atoms with van der Waals surface area (Å²) in [6.45, 7) is 7.24. The van der Waals surface area contributed by atoms with Gasteiger partial charge in [-0.2, -0.15) is 0 Å². The van der Waals surface area contributed by atoms with E-state index in [4.69, 9.17) is 0 Å². The van der Waals surface area contributed by atoms with Crippen LogP contribution in [0.2, 0.25) is 0 Å². The summed E-state index contributed by atoms with van der Waals surface area (Å²) in [4.78, 5) is 17.7. The van der Waals surface area contributed by atoms with Gasteiger partial charge in [-0.3, -0.25) is 4.98 Å². The summed E-state index contributed by atoms with van der Waals surface area (Å²) in [7, 11) is 0. The van der Waals surface area contributed by atoms with Crippen molar-refractivity contribution in [3.8, 4) is 0 Å². The summed E-state index contributed by atoms with van der Waals surface area (Å²) in [5, 5.41) is 5.19. The molecule has 21 heavy (non-hydrogen) atoms. The van der Waals surface area contributed by atoms with Crippen LogP contribution in [0.25, 0.3) is 0 Å². The van der Waals surface area contributed by atoms with Gasteiger partial charge in [0.05, 0.1) is 6.20 Å². The highest BCUT2D eigenvalue weighted by Crippen LogP contribution is 2.29. The van der Waals surface area contributed by atoms with Gasteiger partial charge in [-0.15, -0.1) is 0 Å². The molecule has 2 aromatic heterocycles. The molecule has 0 aromatic carbocycles. The average molecular weight is 303 g/mol. The molecule has 2 aromatic rings. The van der Waals surface area contributed by atoms with E-state index in [2.05, 4.69) is 39.1 Å². The molecule has 0 bridgehead atoms. The number of hydrogen-bond acceptors (Lipinski definition) is 6. The number of hydrogen-bond donors (Lipinski definition) is 1. The maximum atomic E-state index is 4.67. The van der Waals surface area contributed by atoms with E-state index in [0.717, 1.165) is 53.1 Å². The van der Waals surface area contributed by atoms with Crippen molar-refractivity contribution in [3.63, 3.8) is 0 Å². The molecular weight excluding hydrogens is 282 g/mol. The van der Waals surface area contributed by atoms with Gasteiger partial charge in [0.1, 0.15) is 21.7 Å². The zero-order valence-electron chi connectivity index (χ0n) is 12.8. The predicted octanol–water partition coefficient (Wildman–Crippen LogP) is 3.50. The van der Waals surface area contributed by atoms with E-state index in [1.54, 1.807) is 18.6 Å². The first-order valence-electron chi connectivity index (χ1n) is 7.29. The molecule has 0 fully saturated rings. The summed E-state index contributed by atoms with van der Waals surface area (Å²) in [6.07, 6.45) is 8.11. The minimum Gasteiger partial charge on any atom is -0.370 e. The summed E-state index contributed by atoms with van der Waals surface area (Å²) in [5.74, 6) is 1.81. The van der Waals surface area contributed by atoms with E-state index in [1.165, 1.54) is 11.8 Å². The molecule has 0 aliphatic heterocycles. The fourth-order valence-corrected chi connectivity index (χ4v) is 2.65. The quantitative estimate of drug-likeness (QED) is 0.790. The van der Waals surface area contributed by atoms with E-state index in [1.807, 2.05) is 6.92 Å². The second-order valence-corrected chi connectivity index (χ2v) is 5.75. The SMILES string of the molecule is CCCNc1nc(CCC)nc(Sc2cnccn2)c1C. The van der Waals surface area contributed by atoms with Crippen LogP contribution in [0.1, 0.15) is 38.1 Å². The van der Waals surface area contributed by atoms with Gasteiger partial charge in [0, 0.05) is 30.9 Å². The molecule has 6 heteroatoms. The van der Waals surface area contributed by atoms with E-state index in [-0.39, 0.29) is 0 Å². The highest BCUT2D eigenvalue weighted by molar-refractivity contribution is 7.99. The van der Waals surface area contributed by atoms with Crippen molar-refractivity contribution in [2.24, 2.45) is 0 Å². The molecule has 0 unspecified atom stereocenters. The number of aromatic nitrogens is 4. The van der Waals surface area contributed by atoms with Gasteiger partial charge in [-0.1, -0.05) is 13.8 Å². The first kappa shape index (κ1) is 15.7. The van der Waals surface area contributed by atoms with Crippen molar-refractivity contribution in [1.29, 1.82) is 0 Å². The van der Waals surface area contributed by atoms with Crippen molar-refractivity contribution >= 4 is 17.6 Å². The van der Waals surface area contributed by atoms with Gasteiger partial charge in [0.15, 0.2) is 0 Å². The summed E-state index contributed by atoms with van der Waals surface area (Å²) < 4.78 is 0. The van der Waals surface area contributed by atoms with E-state index >= 15 is 0 Å². The molecule has 112 valence electrons.